The summed E-state index contributed by atoms with van der Waals surface area (Å²) in [5, 5.41) is 12.8. The molecule has 2 saturated carbocycles. The third-order valence-electron chi connectivity index (χ3n) is 7.41. The van der Waals surface area contributed by atoms with Crippen molar-refractivity contribution in [2.45, 2.75) is 69.9 Å². The van der Waals surface area contributed by atoms with E-state index in [1.807, 2.05) is 0 Å². The number of anilines is 2. The van der Waals surface area contributed by atoms with Gasteiger partial charge in [0, 0.05) is 25.1 Å². The number of aliphatic hydroxyl groups is 1. The summed E-state index contributed by atoms with van der Waals surface area (Å²) in [6.45, 7) is 0.231. The van der Waals surface area contributed by atoms with Crippen LogP contribution in [0.4, 0.5) is 16.0 Å². The van der Waals surface area contributed by atoms with Crippen molar-refractivity contribution in [2.75, 3.05) is 11.9 Å². The van der Waals surface area contributed by atoms with Gasteiger partial charge in [-0.05, 0) is 75.3 Å². The Labute approximate surface area is 193 Å². The van der Waals surface area contributed by atoms with Gasteiger partial charge in [-0.3, -0.25) is 4.57 Å². The molecule has 0 radical (unpaired) electrons. The van der Waals surface area contributed by atoms with Gasteiger partial charge in [0.25, 0.3) is 0 Å². The summed E-state index contributed by atoms with van der Waals surface area (Å²) in [5.74, 6) is 2.03. The van der Waals surface area contributed by atoms with Gasteiger partial charge < -0.3 is 16.2 Å². The zero-order chi connectivity index (χ0) is 22.8. The third kappa shape index (κ3) is 4.87. The van der Waals surface area contributed by atoms with Crippen LogP contribution >= 0.6 is 0 Å². The van der Waals surface area contributed by atoms with Crippen LogP contribution in [0.25, 0.3) is 11.2 Å². The van der Waals surface area contributed by atoms with Crippen LogP contribution in [0.3, 0.4) is 0 Å². The maximum atomic E-state index is 14.4. The number of benzene rings is 1. The predicted octanol–water partition coefficient (Wildman–Crippen LogP) is 4.49. The van der Waals surface area contributed by atoms with E-state index >= 15 is 0 Å². The Bertz CT molecular complexity index is 1090. The minimum atomic E-state index is -0.317. The Kier molecular flexibility index (Phi) is 6.55. The number of nitrogens with two attached hydrogens (primary N) is 1. The number of fused-ring (bicyclic) bond motifs is 1. The molecule has 1 aromatic carbocycles. The van der Waals surface area contributed by atoms with E-state index in [9.17, 15) is 9.50 Å². The van der Waals surface area contributed by atoms with E-state index in [-0.39, 0.29) is 18.5 Å². The second-order valence-corrected chi connectivity index (χ2v) is 9.75. The monoisotopic (exact) mass is 452 g/mol. The number of nitrogens with zero attached hydrogens (tertiary/aromatic N) is 4. The predicted molar refractivity (Wildman–Crippen MR) is 127 cm³/mol. The van der Waals surface area contributed by atoms with Gasteiger partial charge in [0.1, 0.15) is 17.2 Å². The van der Waals surface area contributed by atoms with Crippen molar-refractivity contribution < 1.29 is 9.50 Å². The van der Waals surface area contributed by atoms with Gasteiger partial charge >= 0.3 is 0 Å². The molecule has 3 aromatic rings. The van der Waals surface area contributed by atoms with E-state index in [1.165, 1.54) is 6.07 Å². The van der Waals surface area contributed by atoms with E-state index in [4.69, 9.17) is 15.7 Å². The van der Waals surface area contributed by atoms with Crippen LogP contribution in [0.2, 0.25) is 0 Å². The molecule has 4 N–H and O–H groups in total. The number of hydrogen-bond acceptors (Lipinski definition) is 6. The largest absolute Gasteiger partial charge is 0.396 e. The van der Waals surface area contributed by atoms with Crippen LogP contribution in [0.5, 0.6) is 0 Å². The lowest BCUT2D eigenvalue weighted by molar-refractivity contribution is 0.170. The van der Waals surface area contributed by atoms with Gasteiger partial charge in [0.05, 0.1) is 11.9 Å². The normalized spacial score (nSPS) is 25.9. The average molecular weight is 453 g/mol. The van der Waals surface area contributed by atoms with Crippen molar-refractivity contribution in [3.8, 4) is 0 Å². The van der Waals surface area contributed by atoms with Crippen molar-refractivity contribution in [3.05, 3.63) is 42.1 Å². The molecule has 2 heterocycles. The molecular formula is C25H33FN6O. The molecule has 176 valence electrons. The molecule has 2 aliphatic rings. The number of aromatic nitrogens is 4. The topological polar surface area (TPSA) is 102 Å². The SMILES string of the molecule is NC1CCC(Cc2ncc3nc(Nc4ccccc4F)n(C4CCC(CO)CC4)c3n2)CC1. The number of halogens is 1. The lowest BCUT2D eigenvalue weighted by atomic mass is 9.84. The highest BCUT2D eigenvalue weighted by atomic mass is 19.1. The van der Waals surface area contributed by atoms with E-state index in [0.29, 0.717) is 35.0 Å². The summed E-state index contributed by atoms with van der Waals surface area (Å²) in [7, 11) is 0. The summed E-state index contributed by atoms with van der Waals surface area (Å²) in [6.07, 6.45) is 10.8. The lowest BCUT2D eigenvalue weighted by Gasteiger charge is -2.29. The van der Waals surface area contributed by atoms with E-state index in [1.54, 1.807) is 24.4 Å². The van der Waals surface area contributed by atoms with Gasteiger partial charge in [0.2, 0.25) is 5.95 Å². The Hall–Kier alpha value is -2.58. The molecule has 5 rings (SSSR count). The smallest absolute Gasteiger partial charge is 0.210 e. The fraction of sp³-hybridized carbons (Fsp3) is 0.560. The minimum absolute atomic E-state index is 0.197. The van der Waals surface area contributed by atoms with Gasteiger partial charge in [0.15, 0.2) is 5.65 Å². The highest BCUT2D eigenvalue weighted by Gasteiger charge is 2.27. The van der Waals surface area contributed by atoms with Crippen molar-refractivity contribution in [1.82, 2.24) is 19.5 Å². The first kappa shape index (κ1) is 22.2. The fourth-order valence-corrected chi connectivity index (χ4v) is 5.38. The number of imidazole rings is 1. The van der Waals surface area contributed by atoms with Gasteiger partial charge in [-0.25, -0.2) is 19.3 Å². The van der Waals surface area contributed by atoms with Gasteiger partial charge in [-0.2, -0.15) is 0 Å². The molecule has 0 unspecified atom stereocenters. The maximum absolute atomic E-state index is 14.4. The Morgan fingerprint density at radius 3 is 2.45 bits per heavy atom. The summed E-state index contributed by atoms with van der Waals surface area (Å²) >= 11 is 0. The summed E-state index contributed by atoms with van der Waals surface area (Å²) in [4.78, 5) is 14.3. The van der Waals surface area contributed by atoms with Crippen LogP contribution in [0, 0.1) is 17.7 Å². The zero-order valence-electron chi connectivity index (χ0n) is 19.0. The molecule has 0 atom stereocenters. The standard InChI is InChI=1S/C25H33FN6O/c26-20-3-1-2-4-21(20)29-25-30-22-14-28-23(13-16-5-9-18(27)10-6-16)31-24(22)32(25)19-11-7-17(15-33)8-12-19/h1-4,14,16-19,33H,5-13,15,27H2,(H,29,30). The zero-order valence-corrected chi connectivity index (χ0v) is 19.0. The van der Waals surface area contributed by atoms with Crippen molar-refractivity contribution >= 4 is 22.8 Å². The van der Waals surface area contributed by atoms with Crippen molar-refractivity contribution in [2.24, 2.45) is 17.6 Å². The van der Waals surface area contributed by atoms with Crippen LogP contribution in [-0.2, 0) is 6.42 Å². The first-order valence-corrected chi connectivity index (χ1v) is 12.2. The molecule has 2 aromatic heterocycles. The van der Waals surface area contributed by atoms with Crippen LogP contribution in [0.1, 0.15) is 63.2 Å². The number of rotatable bonds is 6. The first-order chi connectivity index (χ1) is 16.1. The van der Waals surface area contributed by atoms with Gasteiger partial charge in [-0.15, -0.1) is 0 Å². The van der Waals surface area contributed by atoms with Crippen LogP contribution in [-0.4, -0.2) is 37.3 Å². The number of hydrogen-bond donors (Lipinski definition) is 3. The van der Waals surface area contributed by atoms with Crippen LogP contribution in [0.15, 0.2) is 30.5 Å². The molecule has 7 nitrogen and oxygen atoms in total. The van der Waals surface area contributed by atoms with Crippen molar-refractivity contribution in [1.29, 1.82) is 0 Å². The van der Waals surface area contributed by atoms with Crippen LogP contribution < -0.4 is 11.1 Å². The second-order valence-electron chi connectivity index (χ2n) is 9.75. The molecular weight excluding hydrogens is 419 g/mol. The average Bonchev–Trinajstić information content (AvgIpc) is 3.19. The molecule has 0 amide bonds. The van der Waals surface area contributed by atoms with Gasteiger partial charge in [-0.1, -0.05) is 12.1 Å². The maximum Gasteiger partial charge on any atom is 0.210 e. The molecule has 8 heteroatoms. The minimum Gasteiger partial charge on any atom is -0.396 e. The quantitative estimate of drug-likeness (QED) is 0.509. The number of aliphatic hydroxyl groups excluding tert-OH is 1. The summed E-state index contributed by atoms with van der Waals surface area (Å²) in [6, 6.07) is 7.16. The van der Waals surface area contributed by atoms with E-state index in [2.05, 4.69) is 14.9 Å². The molecule has 33 heavy (non-hydrogen) atoms. The lowest BCUT2D eigenvalue weighted by Crippen LogP contribution is -2.27. The molecule has 0 saturated heterocycles. The number of para-hydroxylation sites is 1. The molecule has 0 bridgehead atoms. The number of nitrogens with one attached hydrogen (secondary N) is 1. The van der Waals surface area contributed by atoms with E-state index in [0.717, 1.165) is 69.3 Å². The Morgan fingerprint density at radius 1 is 1.00 bits per heavy atom. The Morgan fingerprint density at radius 2 is 1.73 bits per heavy atom. The molecule has 2 fully saturated rings. The molecule has 2 aliphatic carbocycles. The molecule has 0 spiro atoms. The Balaban J connectivity index is 1.48. The highest BCUT2D eigenvalue weighted by Crippen LogP contribution is 2.37. The second kappa shape index (κ2) is 9.73. The molecule has 0 aliphatic heterocycles. The third-order valence-corrected chi connectivity index (χ3v) is 7.41. The summed E-state index contributed by atoms with van der Waals surface area (Å²) in [5.41, 5.74) is 7.98. The summed E-state index contributed by atoms with van der Waals surface area (Å²) < 4.78 is 16.5. The fourth-order valence-electron chi connectivity index (χ4n) is 5.38. The van der Waals surface area contributed by atoms with E-state index < -0.39 is 0 Å². The first-order valence-electron chi connectivity index (χ1n) is 12.2. The highest BCUT2D eigenvalue weighted by molar-refractivity contribution is 5.75. The van der Waals surface area contributed by atoms with Crippen molar-refractivity contribution in [3.63, 3.8) is 0 Å².